The number of ether oxygens (including phenoxy) is 1. The summed E-state index contributed by atoms with van der Waals surface area (Å²) in [6.07, 6.45) is 2.38. The highest BCUT2D eigenvalue weighted by Gasteiger charge is 2.40. The standard InChI is InChI=1S/C12H15ClO2/c1-8-3-4-9(7-12(14)5-6-12)10(13)11(8)15-2/h3-4,14H,5-7H2,1-2H3. The molecule has 0 aromatic heterocycles. The van der Waals surface area contributed by atoms with Crippen LogP contribution < -0.4 is 4.74 Å². The molecule has 2 nitrogen and oxygen atoms in total. The van der Waals surface area contributed by atoms with Crippen LogP contribution in [0.5, 0.6) is 5.75 Å². The molecule has 0 saturated heterocycles. The minimum absolute atomic E-state index is 0.510. The maximum atomic E-state index is 9.84. The summed E-state index contributed by atoms with van der Waals surface area (Å²) in [6.45, 7) is 1.96. The fourth-order valence-corrected chi connectivity index (χ4v) is 2.11. The van der Waals surface area contributed by atoms with Crippen molar-refractivity contribution in [2.75, 3.05) is 7.11 Å². The predicted molar refractivity (Wildman–Crippen MR) is 60.6 cm³/mol. The summed E-state index contributed by atoms with van der Waals surface area (Å²) in [6, 6.07) is 3.95. The normalized spacial score (nSPS) is 17.6. The van der Waals surface area contributed by atoms with Crippen molar-refractivity contribution in [1.82, 2.24) is 0 Å². The second kappa shape index (κ2) is 3.69. The summed E-state index contributed by atoms with van der Waals surface area (Å²) in [5.74, 6) is 0.721. The van der Waals surface area contributed by atoms with Gasteiger partial charge in [-0.1, -0.05) is 23.7 Å². The molecule has 0 amide bonds. The number of methoxy groups -OCH3 is 1. The van der Waals surface area contributed by atoms with Crippen LogP contribution in [0.1, 0.15) is 24.0 Å². The summed E-state index contributed by atoms with van der Waals surface area (Å²) in [7, 11) is 1.61. The quantitative estimate of drug-likeness (QED) is 0.859. The lowest BCUT2D eigenvalue weighted by atomic mass is 10.0. The summed E-state index contributed by atoms with van der Waals surface area (Å²) in [4.78, 5) is 0. The monoisotopic (exact) mass is 226 g/mol. The Labute approximate surface area is 94.8 Å². The number of halogens is 1. The molecule has 0 atom stereocenters. The van der Waals surface area contributed by atoms with E-state index in [1.165, 1.54) is 0 Å². The Kier molecular flexibility index (Phi) is 2.65. The van der Waals surface area contributed by atoms with Crippen molar-refractivity contribution in [3.8, 4) is 5.75 Å². The van der Waals surface area contributed by atoms with Gasteiger partial charge in [0.05, 0.1) is 17.7 Å². The summed E-state index contributed by atoms with van der Waals surface area (Å²) >= 11 is 6.21. The van der Waals surface area contributed by atoms with Crippen molar-refractivity contribution in [2.45, 2.75) is 31.8 Å². The molecule has 3 heteroatoms. The molecule has 1 fully saturated rings. The number of aliphatic hydroxyl groups is 1. The van der Waals surface area contributed by atoms with Crippen LogP contribution in [-0.4, -0.2) is 17.8 Å². The van der Waals surface area contributed by atoms with Gasteiger partial charge in [0.2, 0.25) is 0 Å². The third kappa shape index (κ3) is 2.11. The molecule has 1 N–H and O–H groups in total. The molecular formula is C12H15ClO2. The minimum atomic E-state index is -0.510. The van der Waals surface area contributed by atoms with Gasteiger partial charge in [0.15, 0.2) is 0 Å². The van der Waals surface area contributed by atoms with E-state index in [0.29, 0.717) is 11.4 Å². The molecular weight excluding hydrogens is 212 g/mol. The average Bonchev–Trinajstić information content (AvgIpc) is 2.90. The van der Waals surface area contributed by atoms with Crippen LogP contribution in [0.25, 0.3) is 0 Å². The molecule has 0 unspecified atom stereocenters. The maximum Gasteiger partial charge on any atom is 0.140 e. The van der Waals surface area contributed by atoms with Gasteiger partial charge in [-0.15, -0.1) is 0 Å². The van der Waals surface area contributed by atoms with Crippen molar-refractivity contribution in [1.29, 1.82) is 0 Å². The molecule has 1 aromatic rings. The lowest BCUT2D eigenvalue weighted by molar-refractivity contribution is 0.151. The number of hydrogen-bond donors (Lipinski definition) is 1. The number of aryl methyl sites for hydroxylation is 1. The Morgan fingerprint density at radius 1 is 1.47 bits per heavy atom. The number of rotatable bonds is 3. The van der Waals surface area contributed by atoms with E-state index in [2.05, 4.69) is 0 Å². The highest BCUT2D eigenvalue weighted by atomic mass is 35.5. The van der Waals surface area contributed by atoms with Gasteiger partial charge < -0.3 is 9.84 Å². The molecule has 0 bridgehead atoms. The zero-order valence-electron chi connectivity index (χ0n) is 9.01. The highest BCUT2D eigenvalue weighted by Crippen LogP contribution is 2.41. The summed E-state index contributed by atoms with van der Waals surface area (Å²) in [5.41, 5.74) is 1.48. The smallest absolute Gasteiger partial charge is 0.140 e. The van der Waals surface area contributed by atoms with Crippen LogP contribution in [0.4, 0.5) is 0 Å². The molecule has 0 spiro atoms. The van der Waals surface area contributed by atoms with E-state index in [1.54, 1.807) is 7.11 Å². The van der Waals surface area contributed by atoms with Crippen LogP contribution in [-0.2, 0) is 6.42 Å². The van der Waals surface area contributed by atoms with Crippen LogP contribution in [0.15, 0.2) is 12.1 Å². The van der Waals surface area contributed by atoms with Gasteiger partial charge in [0.25, 0.3) is 0 Å². The summed E-state index contributed by atoms with van der Waals surface area (Å²) < 4.78 is 5.24. The van der Waals surface area contributed by atoms with Gasteiger partial charge >= 0.3 is 0 Å². The van der Waals surface area contributed by atoms with E-state index in [1.807, 2.05) is 19.1 Å². The van der Waals surface area contributed by atoms with E-state index in [0.717, 1.165) is 29.7 Å². The first-order valence-electron chi connectivity index (χ1n) is 5.10. The van der Waals surface area contributed by atoms with E-state index in [4.69, 9.17) is 16.3 Å². The van der Waals surface area contributed by atoms with Crippen molar-refractivity contribution in [3.63, 3.8) is 0 Å². The SMILES string of the molecule is COc1c(C)ccc(CC2(O)CC2)c1Cl. The van der Waals surface area contributed by atoms with Crippen molar-refractivity contribution in [3.05, 3.63) is 28.3 Å². The van der Waals surface area contributed by atoms with E-state index in [-0.39, 0.29) is 0 Å². The van der Waals surface area contributed by atoms with Gasteiger partial charge in [-0.3, -0.25) is 0 Å². The molecule has 0 heterocycles. The molecule has 1 aromatic carbocycles. The Bertz CT molecular complexity index is 383. The Morgan fingerprint density at radius 2 is 2.13 bits per heavy atom. The second-order valence-corrected chi connectivity index (χ2v) is 4.67. The number of benzene rings is 1. The lowest BCUT2D eigenvalue weighted by Crippen LogP contribution is -2.11. The predicted octanol–water partition coefficient (Wildman–Crippen LogP) is 2.72. The lowest BCUT2D eigenvalue weighted by Gasteiger charge is -2.13. The van der Waals surface area contributed by atoms with Crippen LogP contribution in [0.2, 0.25) is 5.02 Å². The first-order valence-corrected chi connectivity index (χ1v) is 5.48. The Morgan fingerprint density at radius 3 is 2.67 bits per heavy atom. The molecule has 15 heavy (non-hydrogen) atoms. The topological polar surface area (TPSA) is 29.5 Å². The maximum absolute atomic E-state index is 9.84. The largest absolute Gasteiger partial charge is 0.495 e. The number of hydrogen-bond acceptors (Lipinski definition) is 2. The van der Waals surface area contributed by atoms with Crippen LogP contribution in [0.3, 0.4) is 0 Å². The van der Waals surface area contributed by atoms with Gasteiger partial charge in [-0.25, -0.2) is 0 Å². The molecule has 2 rings (SSSR count). The van der Waals surface area contributed by atoms with E-state index >= 15 is 0 Å². The molecule has 1 aliphatic rings. The zero-order chi connectivity index (χ0) is 11.1. The third-order valence-corrected chi connectivity index (χ3v) is 3.34. The van der Waals surface area contributed by atoms with Crippen LogP contribution >= 0.6 is 11.6 Å². The fourth-order valence-electron chi connectivity index (χ4n) is 1.76. The Hall–Kier alpha value is -0.730. The molecule has 1 aliphatic carbocycles. The highest BCUT2D eigenvalue weighted by molar-refractivity contribution is 6.33. The molecule has 82 valence electrons. The first kappa shape index (κ1) is 10.8. The van der Waals surface area contributed by atoms with Gasteiger partial charge in [0.1, 0.15) is 5.75 Å². The Balaban J connectivity index is 2.31. The van der Waals surface area contributed by atoms with E-state index in [9.17, 15) is 5.11 Å². The average molecular weight is 227 g/mol. The van der Waals surface area contributed by atoms with Crippen molar-refractivity contribution < 1.29 is 9.84 Å². The fraction of sp³-hybridized carbons (Fsp3) is 0.500. The van der Waals surface area contributed by atoms with Gasteiger partial charge in [-0.05, 0) is 30.9 Å². The zero-order valence-corrected chi connectivity index (χ0v) is 9.77. The van der Waals surface area contributed by atoms with Gasteiger partial charge in [-0.2, -0.15) is 0 Å². The molecule has 1 saturated carbocycles. The molecule has 0 aliphatic heterocycles. The minimum Gasteiger partial charge on any atom is -0.495 e. The van der Waals surface area contributed by atoms with Crippen molar-refractivity contribution >= 4 is 11.6 Å². The van der Waals surface area contributed by atoms with E-state index < -0.39 is 5.60 Å². The van der Waals surface area contributed by atoms with Crippen LogP contribution in [0, 0.1) is 6.92 Å². The molecule has 0 radical (unpaired) electrons. The summed E-state index contributed by atoms with van der Waals surface area (Å²) in [5, 5.41) is 10.5. The second-order valence-electron chi connectivity index (χ2n) is 4.29. The van der Waals surface area contributed by atoms with Crippen molar-refractivity contribution in [2.24, 2.45) is 0 Å². The third-order valence-electron chi connectivity index (χ3n) is 2.92. The van der Waals surface area contributed by atoms with Gasteiger partial charge in [0, 0.05) is 6.42 Å². The first-order chi connectivity index (χ1) is 7.06.